The molecule has 0 spiro atoms. The van der Waals surface area contributed by atoms with Gasteiger partial charge in [-0.2, -0.15) is 10.1 Å². The van der Waals surface area contributed by atoms with E-state index in [-0.39, 0.29) is 5.92 Å². The standard InChI is InChI=1S/C16H19N5O2/c1-9-8-22-5-4-12(9)16-19-14(20-23-16)13-7-17-21-11(3)6-10(2)18-15(13)21/h6-7,9,12H,4-5,8H2,1-3H3. The largest absolute Gasteiger partial charge is 0.381 e. The third kappa shape index (κ3) is 2.41. The fraction of sp³-hybridized carbons (Fsp3) is 0.500. The molecule has 0 aromatic carbocycles. The van der Waals surface area contributed by atoms with E-state index < -0.39 is 0 Å². The van der Waals surface area contributed by atoms with Crippen molar-refractivity contribution in [1.29, 1.82) is 0 Å². The van der Waals surface area contributed by atoms with Crippen molar-refractivity contribution in [3.8, 4) is 11.4 Å². The van der Waals surface area contributed by atoms with Gasteiger partial charge in [0.15, 0.2) is 5.65 Å². The Hall–Kier alpha value is -2.28. The zero-order chi connectivity index (χ0) is 16.0. The Balaban J connectivity index is 1.74. The summed E-state index contributed by atoms with van der Waals surface area (Å²) < 4.78 is 12.8. The first-order valence-electron chi connectivity index (χ1n) is 7.87. The summed E-state index contributed by atoms with van der Waals surface area (Å²) in [6, 6.07) is 2.00. The van der Waals surface area contributed by atoms with E-state index in [9.17, 15) is 0 Å². The summed E-state index contributed by atoms with van der Waals surface area (Å²) in [6.45, 7) is 7.60. The minimum atomic E-state index is 0.253. The second-order valence-corrected chi connectivity index (χ2v) is 6.24. The first-order chi connectivity index (χ1) is 11.1. The maximum atomic E-state index is 5.53. The number of nitrogens with zero attached hydrogens (tertiary/aromatic N) is 5. The Bertz CT molecular complexity index is 853. The van der Waals surface area contributed by atoms with Crippen molar-refractivity contribution in [1.82, 2.24) is 24.7 Å². The zero-order valence-electron chi connectivity index (χ0n) is 13.5. The summed E-state index contributed by atoms with van der Waals surface area (Å²) in [6.07, 6.45) is 2.66. The minimum absolute atomic E-state index is 0.253. The number of aromatic nitrogens is 5. The Kier molecular flexibility index (Phi) is 3.37. The van der Waals surface area contributed by atoms with E-state index in [1.54, 1.807) is 10.7 Å². The lowest BCUT2D eigenvalue weighted by Crippen LogP contribution is -2.23. The molecule has 4 heterocycles. The minimum Gasteiger partial charge on any atom is -0.381 e. The molecule has 1 aliphatic rings. The molecular formula is C16H19N5O2. The van der Waals surface area contributed by atoms with Gasteiger partial charge in [-0.15, -0.1) is 0 Å². The lowest BCUT2D eigenvalue weighted by atomic mass is 9.90. The molecule has 3 aromatic heterocycles. The Morgan fingerprint density at radius 2 is 2.13 bits per heavy atom. The maximum Gasteiger partial charge on any atom is 0.230 e. The maximum absolute atomic E-state index is 5.53. The molecule has 0 aliphatic carbocycles. The Morgan fingerprint density at radius 1 is 1.26 bits per heavy atom. The highest BCUT2D eigenvalue weighted by molar-refractivity contribution is 5.72. The fourth-order valence-corrected chi connectivity index (χ4v) is 3.17. The topological polar surface area (TPSA) is 78.3 Å². The van der Waals surface area contributed by atoms with Gasteiger partial charge in [-0.05, 0) is 32.3 Å². The molecule has 120 valence electrons. The number of hydrogen-bond donors (Lipinski definition) is 0. The molecule has 4 rings (SSSR count). The fourth-order valence-electron chi connectivity index (χ4n) is 3.17. The molecule has 2 unspecified atom stereocenters. The molecule has 0 bridgehead atoms. The van der Waals surface area contributed by atoms with Crippen molar-refractivity contribution in [3.05, 3.63) is 29.5 Å². The van der Waals surface area contributed by atoms with Crippen molar-refractivity contribution in [2.45, 2.75) is 33.1 Å². The van der Waals surface area contributed by atoms with Gasteiger partial charge in [0.25, 0.3) is 0 Å². The lowest BCUT2D eigenvalue weighted by Gasteiger charge is -2.25. The first kappa shape index (κ1) is 14.3. The van der Waals surface area contributed by atoms with Crippen LogP contribution in [-0.4, -0.2) is 38.0 Å². The number of rotatable bonds is 2. The molecule has 7 nitrogen and oxygen atoms in total. The molecule has 0 radical (unpaired) electrons. The summed E-state index contributed by atoms with van der Waals surface area (Å²) in [4.78, 5) is 9.18. The summed E-state index contributed by atoms with van der Waals surface area (Å²) in [7, 11) is 0. The van der Waals surface area contributed by atoms with Crippen molar-refractivity contribution in [2.24, 2.45) is 5.92 Å². The van der Waals surface area contributed by atoms with Crippen LogP contribution in [0.15, 0.2) is 16.8 Å². The molecule has 0 amide bonds. The molecule has 1 aliphatic heterocycles. The van der Waals surface area contributed by atoms with Gasteiger partial charge >= 0.3 is 0 Å². The molecule has 0 saturated carbocycles. The second kappa shape index (κ2) is 5.42. The van der Waals surface area contributed by atoms with Crippen molar-refractivity contribution < 1.29 is 9.26 Å². The first-order valence-corrected chi connectivity index (χ1v) is 7.87. The molecule has 7 heteroatoms. The highest BCUT2D eigenvalue weighted by atomic mass is 16.5. The van der Waals surface area contributed by atoms with E-state index >= 15 is 0 Å². The van der Waals surface area contributed by atoms with Crippen LogP contribution < -0.4 is 0 Å². The predicted octanol–water partition coefficient (Wildman–Crippen LogP) is 2.54. The molecular weight excluding hydrogens is 294 g/mol. The summed E-state index contributed by atoms with van der Waals surface area (Å²) >= 11 is 0. The predicted molar refractivity (Wildman–Crippen MR) is 83.1 cm³/mol. The van der Waals surface area contributed by atoms with Crippen LogP contribution in [0.4, 0.5) is 0 Å². The third-order valence-electron chi connectivity index (χ3n) is 4.42. The monoisotopic (exact) mass is 313 g/mol. The van der Waals surface area contributed by atoms with E-state index in [0.29, 0.717) is 17.6 Å². The quantitative estimate of drug-likeness (QED) is 0.723. The third-order valence-corrected chi connectivity index (χ3v) is 4.42. The van der Waals surface area contributed by atoms with Gasteiger partial charge < -0.3 is 9.26 Å². The molecule has 0 N–H and O–H groups in total. The van der Waals surface area contributed by atoms with Gasteiger partial charge in [-0.25, -0.2) is 9.50 Å². The molecule has 3 aromatic rings. The van der Waals surface area contributed by atoms with Gasteiger partial charge in [0.2, 0.25) is 11.7 Å². The van der Waals surface area contributed by atoms with Crippen LogP contribution in [-0.2, 0) is 4.74 Å². The summed E-state index contributed by atoms with van der Waals surface area (Å²) in [5.74, 6) is 1.86. The van der Waals surface area contributed by atoms with E-state index in [0.717, 1.165) is 42.2 Å². The van der Waals surface area contributed by atoms with E-state index in [1.165, 1.54) is 0 Å². The highest BCUT2D eigenvalue weighted by Gasteiger charge is 2.29. The van der Waals surface area contributed by atoms with Crippen LogP contribution in [0.25, 0.3) is 17.0 Å². The van der Waals surface area contributed by atoms with Gasteiger partial charge in [-0.1, -0.05) is 12.1 Å². The summed E-state index contributed by atoms with van der Waals surface area (Å²) in [5, 5.41) is 8.54. The summed E-state index contributed by atoms with van der Waals surface area (Å²) in [5.41, 5.74) is 3.53. The van der Waals surface area contributed by atoms with Crippen LogP contribution in [0, 0.1) is 19.8 Å². The van der Waals surface area contributed by atoms with E-state index in [1.807, 2.05) is 19.9 Å². The van der Waals surface area contributed by atoms with Crippen molar-refractivity contribution >= 4 is 5.65 Å². The van der Waals surface area contributed by atoms with Crippen LogP contribution in [0.2, 0.25) is 0 Å². The molecule has 1 fully saturated rings. The van der Waals surface area contributed by atoms with Gasteiger partial charge in [0.1, 0.15) is 0 Å². The number of ether oxygens (including phenoxy) is 1. The number of hydrogen-bond acceptors (Lipinski definition) is 6. The van der Waals surface area contributed by atoms with Gasteiger partial charge in [0.05, 0.1) is 11.8 Å². The number of fused-ring (bicyclic) bond motifs is 1. The average molecular weight is 313 g/mol. The number of aryl methyl sites for hydroxylation is 2. The second-order valence-electron chi connectivity index (χ2n) is 6.24. The lowest BCUT2D eigenvalue weighted by molar-refractivity contribution is 0.0392. The molecule has 2 atom stereocenters. The molecule has 1 saturated heterocycles. The average Bonchev–Trinajstić information content (AvgIpc) is 3.14. The SMILES string of the molecule is Cc1cc(C)n2ncc(-c3noc(C4CCOCC4C)n3)c2n1. The van der Waals surface area contributed by atoms with Crippen LogP contribution in [0.5, 0.6) is 0 Å². The van der Waals surface area contributed by atoms with E-state index in [2.05, 4.69) is 27.1 Å². The van der Waals surface area contributed by atoms with E-state index in [4.69, 9.17) is 9.26 Å². The van der Waals surface area contributed by atoms with Crippen LogP contribution in [0.1, 0.15) is 36.5 Å². The zero-order valence-corrected chi connectivity index (χ0v) is 13.5. The van der Waals surface area contributed by atoms with Crippen molar-refractivity contribution in [2.75, 3.05) is 13.2 Å². The van der Waals surface area contributed by atoms with Gasteiger partial charge in [0, 0.05) is 30.5 Å². The smallest absolute Gasteiger partial charge is 0.230 e. The Labute approximate surface area is 133 Å². The highest BCUT2D eigenvalue weighted by Crippen LogP contribution is 2.32. The normalized spacial score (nSPS) is 21.9. The van der Waals surface area contributed by atoms with Crippen LogP contribution >= 0.6 is 0 Å². The van der Waals surface area contributed by atoms with Crippen LogP contribution in [0.3, 0.4) is 0 Å². The Morgan fingerprint density at radius 3 is 2.96 bits per heavy atom. The molecule has 23 heavy (non-hydrogen) atoms. The van der Waals surface area contributed by atoms with Crippen molar-refractivity contribution in [3.63, 3.8) is 0 Å². The van der Waals surface area contributed by atoms with Gasteiger partial charge in [-0.3, -0.25) is 0 Å².